The molecule has 0 aromatic heterocycles. The van der Waals surface area contributed by atoms with Crippen LogP contribution in [0.5, 0.6) is 0 Å². The average molecular weight is 374 g/mol. The number of carbonyl (C=O) groups is 2. The number of hydrogen-bond donors (Lipinski definition) is 0. The molecule has 1 aromatic rings. The summed E-state index contributed by atoms with van der Waals surface area (Å²) in [7, 11) is 1.80. The molecule has 3 aliphatic heterocycles. The molecule has 140 valence electrons. The number of fused-ring (bicyclic) bond motifs is 1. The molecule has 0 aliphatic carbocycles. The lowest BCUT2D eigenvalue weighted by Crippen LogP contribution is -2.50. The van der Waals surface area contributed by atoms with Gasteiger partial charge in [-0.25, -0.2) is 0 Å². The van der Waals surface area contributed by atoms with Gasteiger partial charge in [-0.15, -0.1) is 0 Å². The van der Waals surface area contributed by atoms with E-state index in [0.717, 1.165) is 37.2 Å². The first kappa shape index (κ1) is 17.9. The first-order valence-electron chi connectivity index (χ1n) is 9.61. The maximum atomic E-state index is 13.2. The fourth-order valence-corrected chi connectivity index (χ4v) is 5.41. The van der Waals surface area contributed by atoms with Crippen molar-refractivity contribution in [2.45, 2.75) is 31.2 Å². The Morgan fingerprint density at radius 1 is 1.08 bits per heavy atom. The number of benzene rings is 1. The maximum absolute atomic E-state index is 13.2. The zero-order valence-corrected chi connectivity index (χ0v) is 16.2. The summed E-state index contributed by atoms with van der Waals surface area (Å²) < 4.78 is 0. The Morgan fingerprint density at radius 3 is 2.50 bits per heavy atom. The highest BCUT2D eigenvalue weighted by Gasteiger charge is 2.37. The SMILES string of the molecule is CN1C(=O)C[C@@H](C(=O)N2CCC(N3CCSCC3)CC2)c2ccccc21. The normalized spacial score (nSPS) is 25.3. The summed E-state index contributed by atoms with van der Waals surface area (Å²) in [6.45, 7) is 3.99. The summed E-state index contributed by atoms with van der Waals surface area (Å²) in [5, 5.41) is 0. The van der Waals surface area contributed by atoms with E-state index in [9.17, 15) is 9.59 Å². The molecule has 2 amide bonds. The van der Waals surface area contributed by atoms with Crippen LogP contribution in [0.2, 0.25) is 0 Å². The van der Waals surface area contributed by atoms with Crippen LogP contribution < -0.4 is 4.90 Å². The molecule has 1 atom stereocenters. The molecule has 0 radical (unpaired) electrons. The lowest BCUT2D eigenvalue weighted by atomic mass is 9.87. The number of carbonyl (C=O) groups excluding carboxylic acids is 2. The average Bonchev–Trinajstić information content (AvgIpc) is 2.71. The Hall–Kier alpha value is -1.53. The lowest BCUT2D eigenvalue weighted by Gasteiger charge is -2.41. The fourth-order valence-electron chi connectivity index (χ4n) is 4.48. The van der Waals surface area contributed by atoms with Crippen molar-refractivity contribution in [2.75, 3.05) is 49.6 Å². The van der Waals surface area contributed by atoms with Crippen molar-refractivity contribution in [1.82, 2.24) is 9.80 Å². The summed E-state index contributed by atoms with van der Waals surface area (Å²) in [6.07, 6.45) is 2.40. The molecular weight excluding hydrogens is 346 g/mol. The number of amides is 2. The molecule has 0 bridgehead atoms. The molecule has 1 aromatic carbocycles. The number of piperidine rings is 1. The Bertz CT molecular complexity index is 681. The van der Waals surface area contributed by atoms with Crippen molar-refractivity contribution in [3.8, 4) is 0 Å². The van der Waals surface area contributed by atoms with Gasteiger partial charge in [-0.3, -0.25) is 14.5 Å². The van der Waals surface area contributed by atoms with E-state index >= 15 is 0 Å². The topological polar surface area (TPSA) is 43.9 Å². The summed E-state index contributed by atoms with van der Waals surface area (Å²) in [5.74, 6) is 2.30. The van der Waals surface area contributed by atoms with Gasteiger partial charge in [-0.05, 0) is 24.5 Å². The summed E-state index contributed by atoms with van der Waals surface area (Å²) in [5.41, 5.74) is 1.87. The van der Waals surface area contributed by atoms with E-state index in [4.69, 9.17) is 0 Å². The van der Waals surface area contributed by atoms with Crippen LogP contribution in [0, 0.1) is 0 Å². The quantitative estimate of drug-likeness (QED) is 0.797. The molecule has 2 fully saturated rings. The number of hydrogen-bond acceptors (Lipinski definition) is 4. The van der Waals surface area contributed by atoms with Gasteiger partial charge in [0.1, 0.15) is 0 Å². The predicted octanol–water partition coefficient (Wildman–Crippen LogP) is 2.18. The van der Waals surface area contributed by atoms with E-state index in [1.807, 2.05) is 40.9 Å². The van der Waals surface area contributed by atoms with Crippen molar-refractivity contribution in [2.24, 2.45) is 0 Å². The Morgan fingerprint density at radius 2 is 1.77 bits per heavy atom. The van der Waals surface area contributed by atoms with Crippen LogP contribution in [-0.4, -0.2) is 72.4 Å². The zero-order chi connectivity index (χ0) is 18.1. The summed E-state index contributed by atoms with van der Waals surface area (Å²) >= 11 is 2.04. The van der Waals surface area contributed by atoms with Gasteiger partial charge in [0.15, 0.2) is 0 Å². The largest absolute Gasteiger partial charge is 0.342 e. The van der Waals surface area contributed by atoms with Gasteiger partial charge in [-0.2, -0.15) is 11.8 Å². The van der Waals surface area contributed by atoms with Crippen LogP contribution in [0.15, 0.2) is 24.3 Å². The zero-order valence-electron chi connectivity index (χ0n) is 15.4. The number of rotatable bonds is 2. The molecule has 3 aliphatic rings. The summed E-state index contributed by atoms with van der Waals surface area (Å²) in [4.78, 5) is 31.8. The second kappa shape index (κ2) is 7.61. The van der Waals surface area contributed by atoms with Gasteiger partial charge in [-0.1, -0.05) is 18.2 Å². The number of nitrogens with zero attached hydrogens (tertiary/aromatic N) is 3. The highest BCUT2D eigenvalue weighted by Crippen LogP contribution is 2.36. The highest BCUT2D eigenvalue weighted by atomic mass is 32.2. The third-order valence-corrected chi connectivity index (χ3v) is 7.01. The molecule has 0 saturated carbocycles. The fraction of sp³-hybridized carbons (Fsp3) is 0.600. The van der Waals surface area contributed by atoms with Crippen molar-refractivity contribution >= 4 is 29.3 Å². The monoisotopic (exact) mass is 373 g/mol. The Balaban J connectivity index is 1.44. The van der Waals surface area contributed by atoms with Gasteiger partial charge >= 0.3 is 0 Å². The van der Waals surface area contributed by atoms with Crippen LogP contribution in [0.4, 0.5) is 5.69 Å². The lowest BCUT2D eigenvalue weighted by molar-refractivity contribution is -0.136. The van der Waals surface area contributed by atoms with Crippen LogP contribution in [0.25, 0.3) is 0 Å². The predicted molar refractivity (Wildman–Crippen MR) is 106 cm³/mol. The number of thioether (sulfide) groups is 1. The Kier molecular flexibility index (Phi) is 5.23. The van der Waals surface area contributed by atoms with Crippen molar-refractivity contribution in [1.29, 1.82) is 0 Å². The van der Waals surface area contributed by atoms with Crippen LogP contribution in [-0.2, 0) is 9.59 Å². The summed E-state index contributed by atoms with van der Waals surface area (Å²) in [6, 6.07) is 8.44. The van der Waals surface area contributed by atoms with Crippen LogP contribution in [0.3, 0.4) is 0 Å². The highest BCUT2D eigenvalue weighted by molar-refractivity contribution is 7.99. The van der Waals surface area contributed by atoms with E-state index in [1.54, 1.807) is 11.9 Å². The first-order chi connectivity index (χ1) is 12.6. The molecule has 0 unspecified atom stereocenters. The third kappa shape index (κ3) is 3.37. The third-order valence-electron chi connectivity index (χ3n) is 6.06. The minimum Gasteiger partial charge on any atom is -0.342 e. The van der Waals surface area contributed by atoms with Crippen LogP contribution in [0.1, 0.15) is 30.7 Å². The molecule has 3 heterocycles. The van der Waals surface area contributed by atoms with Crippen molar-refractivity contribution in [3.05, 3.63) is 29.8 Å². The number of para-hydroxylation sites is 1. The van der Waals surface area contributed by atoms with Gasteiger partial charge in [0.05, 0.1) is 5.92 Å². The smallest absolute Gasteiger partial charge is 0.230 e. The molecular formula is C20H27N3O2S. The number of anilines is 1. The van der Waals surface area contributed by atoms with E-state index in [1.165, 1.54) is 24.6 Å². The standard InChI is InChI=1S/C20H27N3O2S/c1-21-18-5-3-2-4-16(18)17(14-19(21)24)20(25)23-8-6-15(7-9-23)22-10-12-26-13-11-22/h2-5,15,17H,6-14H2,1H3/t17-/m1/s1. The van der Waals surface area contributed by atoms with Gasteiger partial charge in [0.25, 0.3) is 0 Å². The van der Waals surface area contributed by atoms with E-state index in [2.05, 4.69) is 4.90 Å². The first-order valence-corrected chi connectivity index (χ1v) is 10.8. The van der Waals surface area contributed by atoms with E-state index in [-0.39, 0.29) is 24.2 Å². The molecule has 6 heteroatoms. The van der Waals surface area contributed by atoms with Gasteiger partial charge in [0, 0.05) is 62.9 Å². The van der Waals surface area contributed by atoms with Gasteiger partial charge < -0.3 is 9.80 Å². The second-order valence-corrected chi connectivity index (χ2v) is 8.70. The second-order valence-electron chi connectivity index (χ2n) is 7.47. The molecule has 2 saturated heterocycles. The molecule has 0 N–H and O–H groups in total. The van der Waals surface area contributed by atoms with Gasteiger partial charge in [0.2, 0.25) is 11.8 Å². The van der Waals surface area contributed by atoms with E-state index in [0.29, 0.717) is 6.04 Å². The molecule has 26 heavy (non-hydrogen) atoms. The molecule has 5 nitrogen and oxygen atoms in total. The number of likely N-dealkylation sites (tertiary alicyclic amines) is 1. The Labute approximate surface area is 159 Å². The maximum Gasteiger partial charge on any atom is 0.230 e. The van der Waals surface area contributed by atoms with Crippen molar-refractivity contribution in [3.63, 3.8) is 0 Å². The minimum atomic E-state index is -0.321. The van der Waals surface area contributed by atoms with E-state index < -0.39 is 0 Å². The molecule has 4 rings (SSSR count). The van der Waals surface area contributed by atoms with Crippen molar-refractivity contribution < 1.29 is 9.59 Å². The molecule has 0 spiro atoms. The minimum absolute atomic E-state index is 0.0303. The van der Waals surface area contributed by atoms with Crippen LogP contribution >= 0.6 is 11.8 Å².